The lowest BCUT2D eigenvalue weighted by atomic mass is 10.2. The van der Waals surface area contributed by atoms with Crippen LogP contribution in [0.3, 0.4) is 0 Å². The van der Waals surface area contributed by atoms with Crippen molar-refractivity contribution in [1.82, 2.24) is 9.97 Å². The maximum atomic E-state index is 6.20. The molecule has 0 aliphatic rings. The zero-order valence-electron chi connectivity index (χ0n) is 11.8. The van der Waals surface area contributed by atoms with Gasteiger partial charge in [0.15, 0.2) is 5.82 Å². The highest BCUT2D eigenvalue weighted by molar-refractivity contribution is 6.33. The zero-order valence-corrected chi connectivity index (χ0v) is 13.3. The maximum absolute atomic E-state index is 6.20. The van der Waals surface area contributed by atoms with Crippen LogP contribution in [0.4, 0.5) is 11.8 Å². The molecule has 0 aliphatic heterocycles. The Morgan fingerprint density at radius 3 is 2.71 bits per heavy atom. The SMILES string of the molecule is CCNc1ncc(Cl)c(NCc2c(Cl)cccc2OC)n1. The number of hydrogen-bond donors (Lipinski definition) is 2. The normalized spacial score (nSPS) is 10.3. The minimum Gasteiger partial charge on any atom is -0.496 e. The van der Waals surface area contributed by atoms with E-state index in [1.807, 2.05) is 25.1 Å². The molecule has 0 radical (unpaired) electrons. The molecule has 0 saturated carbocycles. The van der Waals surface area contributed by atoms with Crippen molar-refractivity contribution in [3.05, 3.63) is 40.0 Å². The predicted molar refractivity (Wildman–Crippen MR) is 86.5 cm³/mol. The number of benzene rings is 1. The Balaban J connectivity index is 2.18. The zero-order chi connectivity index (χ0) is 15.2. The molecule has 1 heterocycles. The van der Waals surface area contributed by atoms with Crippen LogP contribution < -0.4 is 15.4 Å². The van der Waals surface area contributed by atoms with Gasteiger partial charge in [-0.05, 0) is 19.1 Å². The smallest absolute Gasteiger partial charge is 0.224 e. The van der Waals surface area contributed by atoms with Gasteiger partial charge in [-0.2, -0.15) is 4.98 Å². The van der Waals surface area contributed by atoms with E-state index in [0.29, 0.717) is 34.1 Å². The van der Waals surface area contributed by atoms with Gasteiger partial charge < -0.3 is 15.4 Å². The second-order valence-electron chi connectivity index (χ2n) is 4.19. The number of ether oxygens (including phenoxy) is 1. The third kappa shape index (κ3) is 3.89. The van der Waals surface area contributed by atoms with Gasteiger partial charge in [-0.3, -0.25) is 0 Å². The molecule has 2 N–H and O–H groups in total. The number of nitrogens with zero attached hydrogens (tertiary/aromatic N) is 2. The van der Waals surface area contributed by atoms with Gasteiger partial charge >= 0.3 is 0 Å². The summed E-state index contributed by atoms with van der Waals surface area (Å²) in [6.45, 7) is 3.16. The van der Waals surface area contributed by atoms with E-state index in [1.165, 1.54) is 0 Å². The van der Waals surface area contributed by atoms with E-state index in [9.17, 15) is 0 Å². The number of nitrogens with one attached hydrogen (secondary N) is 2. The van der Waals surface area contributed by atoms with Crippen LogP contribution in [0.5, 0.6) is 5.75 Å². The molecule has 7 heteroatoms. The first-order chi connectivity index (χ1) is 10.2. The minimum absolute atomic E-state index is 0.447. The first kappa shape index (κ1) is 15.7. The summed E-state index contributed by atoms with van der Waals surface area (Å²) in [4.78, 5) is 8.40. The van der Waals surface area contributed by atoms with Crippen molar-refractivity contribution in [1.29, 1.82) is 0 Å². The lowest BCUT2D eigenvalue weighted by Crippen LogP contribution is -2.08. The average molecular weight is 327 g/mol. The van der Waals surface area contributed by atoms with Crippen molar-refractivity contribution in [2.45, 2.75) is 13.5 Å². The molecule has 0 spiro atoms. The molecule has 1 aromatic carbocycles. The molecule has 21 heavy (non-hydrogen) atoms. The van der Waals surface area contributed by atoms with E-state index in [0.717, 1.165) is 12.1 Å². The van der Waals surface area contributed by atoms with Gasteiger partial charge in [0.2, 0.25) is 5.95 Å². The number of anilines is 2. The largest absolute Gasteiger partial charge is 0.496 e. The summed E-state index contributed by atoms with van der Waals surface area (Å²) in [6, 6.07) is 5.51. The van der Waals surface area contributed by atoms with Gasteiger partial charge in [0.05, 0.1) is 13.3 Å². The molecular weight excluding hydrogens is 311 g/mol. The molecule has 0 atom stereocenters. The number of methoxy groups -OCH3 is 1. The molecule has 2 rings (SSSR count). The summed E-state index contributed by atoms with van der Waals surface area (Å²) in [5, 5.41) is 7.26. The summed E-state index contributed by atoms with van der Waals surface area (Å²) in [5.41, 5.74) is 0.848. The molecule has 1 aromatic heterocycles. The van der Waals surface area contributed by atoms with E-state index in [4.69, 9.17) is 27.9 Å². The lowest BCUT2D eigenvalue weighted by Gasteiger charge is -2.13. The first-order valence-electron chi connectivity index (χ1n) is 6.47. The van der Waals surface area contributed by atoms with Crippen LogP contribution in [-0.4, -0.2) is 23.6 Å². The number of aromatic nitrogens is 2. The highest BCUT2D eigenvalue weighted by atomic mass is 35.5. The fourth-order valence-corrected chi connectivity index (χ4v) is 2.20. The standard InChI is InChI=1S/C14H16Cl2N4O/c1-3-17-14-19-8-11(16)13(20-14)18-7-9-10(15)5-4-6-12(9)21-2/h4-6,8H,3,7H2,1-2H3,(H2,17,18,19,20). The van der Waals surface area contributed by atoms with Gasteiger partial charge in [-0.1, -0.05) is 29.3 Å². The van der Waals surface area contributed by atoms with Crippen molar-refractivity contribution in [3.63, 3.8) is 0 Å². The second kappa shape index (κ2) is 7.33. The molecule has 2 aromatic rings. The minimum atomic E-state index is 0.447. The molecule has 112 valence electrons. The van der Waals surface area contributed by atoms with Crippen molar-refractivity contribution in [2.24, 2.45) is 0 Å². The summed E-state index contributed by atoms with van der Waals surface area (Å²) in [6.07, 6.45) is 1.55. The van der Waals surface area contributed by atoms with E-state index < -0.39 is 0 Å². The number of rotatable bonds is 6. The van der Waals surface area contributed by atoms with Crippen molar-refractivity contribution < 1.29 is 4.74 Å². The summed E-state index contributed by atoms with van der Waals surface area (Å²) in [7, 11) is 1.61. The third-order valence-corrected chi connectivity index (χ3v) is 3.44. The Morgan fingerprint density at radius 1 is 1.19 bits per heavy atom. The molecule has 0 fully saturated rings. The molecule has 0 unspecified atom stereocenters. The Kier molecular flexibility index (Phi) is 5.47. The molecule has 0 amide bonds. The van der Waals surface area contributed by atoms with Gasteiger partial charge in [-0.25, -0.2) is 4.98 Å². The van der Waals surface area contributed by atoms with Gasteiger partial charge in [-0.15, -0.1) is 0 Å². The molecular formula is C14H16Cl2N4O. The van der Waals surface area contributed by atoms with Crippen LogP contribution in [0.25, 0.3) is 0 Å². The Morgan fingerprint density at radius 2 is 2.00 bits per heavy atom. The lowest BCUT2D eigenvalue weighted by molar-refractivity contribution is 0.410. The van der Waals surface area contributed by atoms with Crippen molar-refractivity contribution >= 4 is 35.0 Å². The van der Waals surface area contributed by atoms with E-state index >= 15 is 0 Å². The van der Waals surface area contributed by atoms with Crippen molar-refractivity contribution in [3.8, 4) is 5.75 Å². The molecule has 5 nitrogen and oxygen atoms in total. The summed E-state index contributed by atoms with van der Waals surface area (Å²) >= 11 is 12.3. The topological polar surface area (TPSA) is 59.1 Å². The van der Waals surface area contributed by atoms with Crippen LogP contribution in [0, 0.1) is 0 Å². The van der Waals surface area contributed by atoms with Gasteiger partial charge in [0.25, 0.3) is 0 Å². The van der Waals surface area contributed by atoms with Gasteiger partial charge in [0.1, 0.15) is 10.8 Å². The quantitative estimate of drug-likeness (QED) is 0.844. The average Bonchev–Trinajstić information content (AvgIpc) is 2.48. The fraction of sp³-hybridized carbons (Fsp3) is 0.286. The number of hydrogen-bond acceptors (Lipinski definition) is 5. The van der Waals surface area contributed by atoms with E-state index in [1.54, 1.807) is 13.3 Å². The monoisotopic (exact) mass is 326 g/mol. The molecule has 0 bridgehead atoms. The third-order valence-electron chi connectivity index (χ3n) is 2.81. The highest BCUT2D eigenvalue weighted by Crippen LogP contribution is 2.28. The first-order valence-corrected chi connectivity index (χ1v) is 7.23. The van der Waals surface area contributed by atoms with Crippen LogP contribution in [0.2, 0.25) is 10.0 Å². The van der Waals surface area contributed by atoms with Crippen LogP contribution in [0.1, 0.15) is 12.5 Å². The molecule has 0 saturated heterocycles. The second-order valence-corrected chi connectivity index (χ2v) is 5.01. The van der Waals surface area contributed by atoms with Gasteiger partial charge in [0, 0.05) is 23.7 Å². The fourth-order valence-electron chi connectivity index (χ4n) is 1.81. The van der Waals surface area contributed by atoms with Crippen molar-refractivity contribution in [2.75, 3.05) is 24.3 Å². The Hall–Kier alpha value is -1.72. The predicted octanol–water partition coefficient (Wildman–Crippen LogP) is 3.84. The maximum Gasteiger partial charge on any atom is 0.224 e. The van der Waals surface area contributed by atoms with E-state index in [-0.39, 0.29) is 0 Å². The van der Waals surface area contributed by atoms with Crippen LogP contribution in [-0.2, 0) is 6.54 Å². The molecule has 0 aliphatic carbocycles. The highest BCUT2D eigenvalue weighted by Gasteiger charge is 2.10. The number of halogens is 2. The summed E-state index contributed by atoms with van der Waals surface area (Å²) < 4.78 is 5.30. The summed E-state index contributed by atoms with van der Waals surface area (Å²) in [5.74, 6) is 1.78. The van der Waals surface area contributed by atoms with Crippen LogP contribution >= 0.6 is 23.2 Å². The Labute approximate surface area is 133 Å². The Bertz CT molecular complexity index is 622. The van der Waals surface area contributed by atoms with E-state index in [2.05, 4.69) is 20.6 Å². The van der Waals surface area contributed by atoms with Crippen LogP contribution in [0.15, 0.2) is 24.4 Å².